The van der Waals surface area contributed by atoms with Gasteiger partial charge < -0.3 is 34.5 Å². The minimum Gasteiger partial charge on any atom is -0.508 e. The molecule has 4 rings (SSSR count). The number of piperazine rings is 1. The Morgan fingerprint density at radius 2 is 1.74 bits per heavy atom. The Morgan fingerprint density at radius 3 is 2.48 bits per heavy atom. The van der Waals surface area contributed by atoms with Crippen LogP contribution in [-0.2, 0) is 0 Å². The number of fused-ring (bicyclic) bond motifs is 1. The van der Waals surface area contributed by atoms with Crippen molar-refractivity contribution in [2.75, 3.05) is 46.4 Å². The molecule has 1 saturated heterocycles. The number of benzene rings is 2. The number of ether oxygens (including phenoxy) is 1. The Kier molecular flexibility index (Phi) is 5.62. The summed E-state index contributed by atoms with van der Waals surface area (Å²) >= 11 is 0. The van der Waals surface area contributed by atoms with Crippen LogP contribution in [0.1, 0.15) is 0 Å². The van der Waals surface area contributed by atoms with E-state index in [1.54, 1.807) is 0 Å². The molecule has 0 spiro atoms. The molecule has 0 saturated carbocycles. The predicted octanol–water partition coefficient (Wildman–Crippen LogP) is 1.91. The number of hydrogen-bond donors (Lipinski definition) is 4. The number of phenolic OH excluding ortho intramolecular Hbond substituents is 3. The third kappa shape index (κ3) is 4.23. The van der Waals surface area contributed by atoms with E-state index in [1.807, 2.05) is 0 Å². The van der Waals surface area contributed by atoms with Gasteiger partial charge in [0.05, 0.1) is 0 Å². The molecule has 31 heavy (non-hydrogen) atoms. The second kappa shape index (κ2) is 8.37. The highest BCUT2D eigenvalue weighted by Crippen LogP contribution is 2.38. The van der Waals surface area contributed by atoms with Crippen molar-refractivity contribution >= 4 is 11.0 Å². The number of likely N-dealkylation sites (N-methyl/N-ethyl adjacent to an activating group) is 1. The fraction of sp³-hybridized carbons (Fsp3) is 0.318. The first-order valence-electron chi connectivity index (χ1n) is 9.92. The molecule has 1 aliphatic rings. The number of nitrogens with zero attached hydrogens (tertiary/aromatic N) is 2. The maximum absolute atomic E-state index is 12.5. The van der Waals surface area contributed by atoms with Crippen molar-refractivity contribution in [2.45, 2.75) is 0 Å². The minimum atomic E-state index is -0.834. The van der Waals surface area contributed by atoms with Crippen molar-refractivity contribution in [3.63, 3.8) is 0 Å². The first kappa shape index (κ1) is 20.8. The van der Waals surface area contributed by atoms with E-state index in [4.69, 9.17) is 9.15 Å². The monoisotopic (exact) mass is 428 g/mol. The lowest BCUT2D eigenvalue weighted by molar-refractivity contribution is 0.133. The highest BCUT2D eigenvalue weighted by Gasteiger charge is 2.20. The molecule has 0 bridgehead atoms. The zero-order chi connectivity index (χ0) is 22.1. The molecule has 2 aromatic carbocycles. The van der Waals surface area contributed by atoms with Crippen LogP contribution in [0.5, 0.6) is 28.7 Å². The van der Waals surface area contributed by atoms with Gasteiger partial charge in [-0.15, -0.1) is 0 Å². The zero-order valence-corrected chi connectivity index (χ0v) is 17.0. The zero-order valence-electron chi connectivity index (χ0n) is 17.0. The van der Waals surface area contributed by atoms with Gasteiger partial charge in [0.25, 0.3) is 0 Å². The second-order valence-corrected chi connectivity index (χ2v) is 7.62. The molecule has 3 aromatic rings. The summed E-state index contributed by atoms with van der Waals surface area (Å²) in [6, 6.07) is 6.48. The summed E-state index contributed by atoms with van der Waals surface area (Å²) in [7, 11) is 2.08. The lowest BCUT2D eigenvalue weighted by Crippen LogP contribution is -2.45. The van der Waals surface area contributed by atoms with Crippen LogP contribution in [0.4, 0.5) is 0 Å². The number of phenols is 3. The second-order valence-electron chi connectivity index (χ2n) is 7.62. The highest BCUT2D eigenvalue weighted by molar-refractivity contribution is 5.88. The first-order valence-corrected chi connectivity index (χ1v) is 9.92. The van der Waals surface area contributed by atoms with Crippen LogP contribution < -0.4 is 10.2 Å². The van der Waals surface area contributed by atoms with Crippen LogP contribution in [0.2, 0.25) is 0 Å². The highest BCUT2D eigenvalue weighted by atomic mass is 16.5. The van der Waals surface area contributed by atoms with Gasteiger partial charge in [-0.3, -0.25) is 9.69 Å². The van der Waals surface area contributed by atoms with Crippen molar-refractivity contribution in [3.05, 3.63) is 40.6 Å². The van der Waals surface area contributed by atoms with Crippen LogP contribution in [0.25, 0.3) is 22.3 Å². The van der Waals surface area contributed by atoms with E-state index in [-0.39, 0.29) is 34.0 Å². The molecule has 9 heteroatoms. The molecule has 2 heterocycles. The Morgan fingerprint density at radius 1 is 1.00 bits per heavy atom. The van der Waals surface area contributed by atoms with Gasteiger partial charge >= 0.3 is 0 Å². The van der Waals surface area contributed by atoms with Crippen LogP contribution in [0.15, 0.2) is 39.5 Å². The topological polar surface area (TPSA) is 127 Å². The molecule has 1 aromatic heterocycles. The summed E-state index contributed by atoms with van der Waals surface area (Å²) in [5.74, 6) is -1.53. The summed E-state index contributed by atoms with van der Waals surface area (Å²) in [6.07, 6.45) is 0. The van der Waals surface area contributed by atoms with Gasteiger partial charge in [-0.25, -0.2) is 0 Å². The van der Waals surface area contributed by atoms with Gasteiger partial charge in [-0.1, -0.05) is 0 Å². The fourth-order valence-corrected chi connectivity index (χ4v) is 3.60. The van der Waals surface area contributed by atoms with E-state index < -0.39 is 16.9 Å². The van der Waals surface area contributed by atoms with Crippen LogP contribution in [0, 0.1) is 0 Å². The third-order valence-electron chi connectivity index (χ3n) is 5.42. The average Bonchev–Trinajstić information content (AvgIpc) is 2.73. The molecule has 164 valence electrons. The van der Waals surface area contributed by atoms with Crippen molar-refractivity contribution in [1.29, 1.82) is 0 Å². The Bertz CT molecular complexity index is 1170. The summed E-state index contributed by atoms with van der Waals surface area (Å²) in [4.78, 5) is 17.1. The summed E-state index contributed by atoms with van der Waals surface area (Å²) in [5.41, 5.74) is -0.619. The molecule has 1 fully saturated rings. The molecular formula is C22H24N2O7. The number of hydrogen-bond acceptors (Lipinski definition) is 9. The van der Waals surface area contributed by atoms with E-state index >= 15 is 0 Å². The molecule has 0 amide bonds. The smallest absolute Gasteiger partial charge is 0.238 e. The Labute approximate surface area is 177 Å². The van der Waals surface area contributed by atoms with Crippen molar-refractivity contribution in [1.82, 2.24) is 9.80 Å². The quantitative estimate of drug-likeness (QED) is 0.482. The minimum absolute atomic E-state index is 0.0825. The Balaban J connectivity index is 1.60. The van der Waals surface area contributed by atoms with Gasteiger partial charge in [0.2, 0.25) is 11.2 Å². The molecular weight excluding hydrogens is 404 g/mol. The standard InChI is InChI=1S/C22H24N2O7/c1-23-4-6-24(7-5-23)8-9-30-17-10-13(2-3-15(17)26)22-21(29)20(28)19-16(27)11-14(25)12-18(19)31-22/h2-3,10-12,25-27,29H,4-9H2,1H3. The van der Waals surface area contributed by atoms with Gasteiger partial charge in [0, 0.05) is 50.4 Å². The van der Waals surface area contributed by atoms with Crippen LogP contribution in [0.3, 0.4) is 0 Å². The van der Waals surface area contributed by atoms with E-state index in [1.165, 1.54) is 24.3 Å². The van der Waals surface area contributed by atoms with Crippen LogP contribution >= 0.6 is 0 Å². The van der Waals surface area contributed by atoms with Crippen molar-refractivity contribution < 1.29 is 29.6 Å². The van der Waals surface area contributed by atoms with Gasteiger partial charge in [-0.05, 0) is 25.2 Å². The SMILES string of the molecule is CN1CCN(CCOc2cc(-c3oc4cc(O)cc(O)c4c(=O)c3O)ccc2O)CC1. The summed E-state index contributed by atoms with van der Waals surface area (Å²) in [5, 5.41) is 39.9. The maximum atomic E-state index is 12.5. The van der Waals surface area contributed by atoms with E-state index in [2.05, 4.69) is 16.8 Å². The first-order chi connectivity index (χ1) is 14.8. The molecule has 4 N–H and O–H groups in total. The third-order valence-corrected chi connectivity index (χ3v) is 5.42. The molecule has 0 radical (unpaired) electrons. The van der Waals surface area contributed by atoms with Crippen LogP contribution in [-0.4, -0.2) is 76.6 Å². The molecule has 1 aliphatic heterocycles. The van der Waals surface area contributed by atoms with Crippen molar-refractivity contribution in [3.8, 4) is 40.1 Å². The summed E-state index contributed by atoms with van der Waals surface area (Å²) < 4.78 is 11.3. The van der Waals surface area contributed by atoms with E-state index in [9.17, 15) is 25.2 Å². The average molecular weight is 428 g/mol. The molecule has 0 aliphatic carbocycles. The Hall–Kier alpha value is -3.43. The normalized spacial score (nSPS) is 15.4. The lowest BCUT2D eigenvalue weighted by Gasteiger charge is -2.32. The van der Waals surface area contributed by atoms with Gasteiger partial charge in [-0.2, -0.15) is 0 Å². The van der Waals surface area contributed by atoms with E-state index in [0.717, 1.165) is 32.2 Å². The number of aromatic hydroxyl groups is 4. The molecule has 0 atom stereocenters. The molecule has 9 nitrogen and oxygen atoms in total. The lowest BCUT2D eigenvalue weighted by atomic mass is 10.1. The fourth-order valence-electron chi connectivity index (χ4n) is 3.60. The largest absolute Gasteiger partial charge is 0.508 e. The molecule has 0 unspecified atom stereocenters. The summed E-state index contributed by atoms with van der Waals surface area (Å²) in [6.45, 7) is 4.93. The maximum Gasteiger partial charge on any atom is 0.238 e. The van der Waals surface area contributed by atoms with Gasteiger partial charge in [0.1, 0.15) is 29.1 Å². The predicted molar refractivity (Wildman–Crippen MR) is 114 cm³/mol. The van der Waals surface area contributed by atoms with Crippen molar-refractivity contribution in [2.24, 2.45) is 0 Å². The van der Waals surface area contributed by atoms with E-state index in [0.29, 0.717) is 18.7 Å². The number of rotatable bonds is 5. The van der Waals surface area contributed by atoms with Gasteiger partial charge in [0.15, 0.2) is 17.3 Å².